The van der Waals surface area contributed by atoms with Crippen molar-refractivity contribution in [2.24, 2.45) is 16.8 Å². The van der Waals surface area contributed by atoms with Crippen molar-refractivity contribution in [2.75, 3.05) is 25.4 Å². The number of nitrogens with one attached hydrogen (secondary N) is 1. The first-order chi connectivity index (χ1) is 16.0. The predicted octanol–water partition coefficient (Wildman–Crippen LogP) is 2.92. The maximum atomic E-state index is 13.2. The number of benzene rings is 2. The molecule has 1 saturated heterocycles. The van der Waals surface area contributed by atoms with Crippen LogP contribution in [-0.2, 0) is 9.59 Å². The second-order valence-corrected chi connectivity index (χ2v) is 9.83. The molecular weight excluding hydrogens is 414 g/mol. The minimum absolute atomic E-state index is 0.114. The standard InChI is InChI=1S/C26H27N5O2/c27-12-21-11-20(7-8-22(21)28)17-1-3-18(4-2-17)23-29-26(9-10-26)25(33)31(23)15-16-13-30(14-16)24(32)19-5-6-19/h1-4,7-8,11-12,16,19,27H,5-6,9-10,13-15,28H2. The van der Waals surface area contributed by atoms with Gasteiger partial charge in [-0.1, -0.05) is 30.3 Å². The summed E-state index contributed by atoms with van der Waals surface area (Å²) in [6.45, 7) is 2.10. The Bertz CT molecular complexity index is 1190. The van der Waals surface area contributed by atoms with Crippen LogP contribution < -0.4 is 5.73 Å². The molecule has 0 atom stereocenters. The molecule has 3 N–H and O–H groups in total. The van der Waals surface area contributed by atoms with E-state index < -0.39 is 5.54 Å². The molecule has 2 aliphatic heterocycles. The highest BCUT2D eigenvalue weighted by Crippen LogP contribution is 2.46. The number of nitrogens with two attached hydrogens (primary N) is 1. The van der Waals surface area contributed by atoms with Crippen LogP contribution in [0.15, 0.2) is 47.5 Å². The molecule has 4 aliphatic rings. The average Bonchev–Trinajstić information content (AvgIpc) is 3.72. The number of nitrogens with zero attached hydrogens (tertiary/aromatic N) is 3. The van der Waals surface area contributed by atoms with E-state index in [0.717, 1.165) is 61.3 Å². The van der Waals surface area contributed by atoms with Crippen LogP contribution >= 0.6 is 0 Å². The summed E-state index contributed by atoms with van der Waals surface area (Å²) < 4.78 is 0. The van der Waals surface area contributed by atoms with E-state index in [1.807, 2.05) is 52.3 Å². The molecule has 3 fully saturated rings. The van der Waals surface area contributed by atoms with E-state index in [-0.39, 0.29) is 17.7 Å². The van der Waals surface area contributed by atoms with Gasteiger partial charge in [0.1, 0.15) is 11.4 Å². The lowest BCUT2D eigenvalue weighted by Crippen LogP contribution is -2.55. The van der Waals surface area contributed by atoms with Crippen LogP contribution in [0.4, 0.5) is 5.69 Å². The maximum Gasteiger partial charge on any atom is 0.256 e. The lowest BCUT2D eigenvalue weighted by Gasteiger charge is -2.41. The number of anilines is 1. The zero-order valence-corrected chi connectivity index (χ0v) is 18.5. The summed E-state index contributed by atoms with van der Waals surface area (Å²) in [5.74, 6) is 1.72. The Morgan fingerprint density at radius 3 is 2.39 bits per heavy atom. The van der Waals surface area contributed by atoms with Crippen LogP contribution in [0.5, 0.6) is 0 Å². The van der Waals surface area contributed by atoms with Crippen LogP contribution in [0.25, 0.3) is 11.1 Å². The molecule has 0 unspecified atom stereocenters. The molecule has 6 rings (SSSR count). The average molecular weight is 442 g/mol. The Kier molecular flexibility index (Phi) is 4.44. The number of amidine groups is 1. The molecule has 33 heavy (non-hydrogen) atoms. The molecule has 7 heteroatoms. The molecule has 7 nitrogen and oxygen atoms in total. The quantitative estimate of drug-likeness (QED) is 0.532. The van der Waals surface area contributed by atoms with E-state index in [2.05, 4.69) is 0 Å². The normalized spacial score (nSPS) is 21.2. The van der Waals surface area contributed by atoms with Gasteiger partial charge in [0, 0.05) is 54.5 Å². The second kappa shape index (κ2) is 7.27. The van der Waals surface area contributed by atoms with E-state index in [1.165, 1.54) is 6.21 Å². The van der Waals surface area contributed by atoms with E-state index in [4.69, 9.17) is 16.1 Å². The SMILES string of the molecule is N=Cc1cc(-c2ccc(C3=NC4(CC4)C(=O)N3CC3CN(C(=O)C4CC4)C3)cc2)ccc1N. The monoisotopic (exact) mass is 441 g/mol. The smallest absolute Gasteiger partial charge is 0.256 e. The van der Waals surface area contributed by atoms with Gasteiger partial charge in [0.15, 0.2) is 0 Å². The molecule has 2 amide bonds. The number of aliphatic imine (C=N–C) groups is 1. The fourth-order valence-electron chi connectivity index (χ4n) is 4.90. The van der Waals surface area contributed by atoms with E-state index in [9.17, 15) is 9.59 Å². The summed E-state index contributed by atoms with van der Waals surface area (Å²) in [4.78, 5) is 34.1. The van der Waals surface area contributed by atoms with Crippen molar-refractivity contribution in [1.29, 1.82) is 5.41 Å². The lowest BCUT2D eigenvalue weighted by atomic mass is 9.97. The van der Waals surface area contributed by atoms with Gasteiger partial charge < -0.3 is 16.0 Å². The Balaban J connectivity index is 1.20. The van der Waals surface area contributed by atoms with Gasteiger partial charge >= 0.3 is 0 Å². The first-order valence-corrected chi connectivity index (χ1v) is 11.7. The molecule has 0 bridgehead atoms. The summed E-state index contributed by atoms with van der Waals surface area (Å²) in [5, 5.41) is 7.53. The predicted molar refractivity (Wildman–Crippen MR) is 127 cm³/mol. The van der Waals surface area contributed by atoms with Gasteiger partial charge in [0.25, 0.3) is 5.91 Å². The van der Waals surface area contributed by atoms with Gasteiger partial charge in [-0.05, 0) is 48.9 Å². The van der Waals surface area contributed by atoms with Crippen molar-refractivity contribution in [3.05, 3.63) is 53.6 Å². The van der Waals surface area contributed by atoms with E-state index in [0.29, 0.717) is 23.7 Å². The minimum Gasteiger partial charge on any atom is -0.398 e. The van der Waals surface area contributed by atoms with Crippen LogP contribution in [0.2, 0.25) is 0 Å². The van der Waals surface area contributed by atoms with Crippen LogP contribution in [-0.4, -0.2) is 58.8 Å². The number of likely N-dealkylation sites (tertiary alicyclic amines) is 1. The number of carbonyl (C=O) groups is 2. The fourth-order valence-corrected chi connectivity index (χ4v) is 4.90. The van der Waals surface area contributed by atoms with Crippen molar-refractivity contribution < 1.29 is 9.59 Å². The maximum absolute atomic E-state index is 13.2. The van der Waals surface area contributed by atoms with Gasteiger partial charge in [-0.25, -0.2) is 0 Å². The van der Waals surface area contributed by atoms with Crippen molar-refractivity contribution in [3.8, 4) is 11.1 Å². The highest BCUT2D eigenvalue weighted by molar-refractivity contribution is 6.16. The van der Waals surface area contributed by atoms with Gasteiger partial charge in [0.05, 0.1) is 0 Å². The zero-order chi connectivity index (χ0) is 22.7. The molecule has 2 saturated carbocycles. The van der Waals surface area contributed by atoms with Crippen molar-refractivity contribution in [1.82, 2.24) is 9.80 Å². The largest absolute Gasteiger partial charge is 0.398 e. The highest BCUT2D eigenvalue weighted by Gasteiger charge is 2.57. The third-order valence-electron chi connectivity index (χ3n) is 7.30. The Morgan fingerprint density at radius 1 is 1.09 bits per heavy atom. The zero-order valence-electron chi connectivity index (χ0n) is 18.5. The molecule has 168 valence electrons. The summed E-state index contributed by atoms with van der Waals surface area (Å²) >= 11 is 0. The molecule has 2 aromatic rings. The highest BCUT2D eigenvalue weighted by atomic mass is 16.2. The molecule has 1 spiro atoms. The van der Waals surface area contributed by atoms with Crippen molar-refractivity contribution in [3.63, 3.8) is 0 Å². The van der Waals surface area contributed by atoms with Gasteiger partial charge in [0.2, 0.25) is 5.91 Å². The molecule has 2 aliphatic carbocycles. The number of nitrogen functional groups attached to an aromatic ring is 1. The first-order valence-electron chi connectivity index (χ1n) is 11.7. The van der Waals surface area contributed by atoms with Gasteiger partial charge in [-0.2, -0.15) is 0 Å². The Hall–Kier alpha value is -3.48. The van der Waals surface area contributed by atoms with E-state index >= 15 is 0 Å². The number of amides is 2. The number of rotatable bonds is 6. The molecule has 0 aromatic heterocycles. The van der Waals surface area contributed by atoms with Crippen LogP contribution in [0.3, 0.4) is 0 Å². The molecular formula is C26H27N5O2. The molecule has 2 heterocycles. The minimum atomic E-state index is -0.545. The second-order valence-electron chi connectivity index (χ2n) is 9.83. The Morgan fingerprint density at radius 2 is 1.76 bits per heavy atom. The van der Waals surface area contributed by atoms with Gasteiger partial charge in [-0.3, -0.25) is 19.5 Å². The first kappa shape index (κ1) is 20.1. The van der Waals surface area contributed by atoms with Crippen LogP contribution in [0.1, 0.15) is 36.8 Å². The summed E-state index contributed by atoms with van der Waals surface area (Å²) in [6.07, 6.45) is 4.95. The van der Waals surface area contributed by atoms with E-state index in [1.54, 1.807) is 0 Å². The third kappa shape index (κ3) is 3.43. The molecule has 2 aromatic carbocycles. The number of carbonyl (C=O) groups excluding carboxylic acids is 2. The van der Waals surface area contributed by atoms with Crippen LogP contribution in [0, 0.1) is 17.2 Å². The van der Waals surface area contributed by atoms with Crippen molar-refractivity contribution >= 4 is 29.6 Å². The van der Waals surface area contributed by atoms with Crippen molar-refractivity contribution in [2.45, 2.75) is 31.2 Å². The van der Waals surface area contributed by atoms with Gasteiger partial charge in [-0.15, -0.1) is 0 Å². The number of hydrogen-bond acceptors (Lipinski definition) is 5. The third-order valence-corrected chi connectivity index (χ3v) is 7.30. The topological polar surface area (TPSA) is 103 Å². The Labute approximate surface area is 192 Å². The number of hydrogen-bond donors (Lipinski definition) is 2. The summed E-state index contributed by atoms with van der Waals surface area (Å²) in [6, 6.07) is 13.8. The lowest BCUT2D eigenvalue weighted by molar-refractivity contribution is -0.139. The molecule has 0 radical (unpaired) electrons. The summed E-state index contributed by atoms with van der Waals surface area (Å²) in [5.41, 5.74) is 9.60. The fraction of sp³-hybridized carbons (Fsp3) is 0.385. The summed E-state index contributed by atoms with van der Waals surface area (Å²) in [7, 11) is 0.